The van der Waals surface area contributed by atoms with Crippen molar-refractivity contribution in [1.82, 2.24) is 0 Å². The number of anilines is 2. The maximum absolute atomic E-state index is 11.7. The number of nitrogens with zero attached hydrogens (tertiary/aromatic N) is 1. The van der Waals surface area contributed by atoms with Crippen molar-refractivity contribution in [3.05, 3.63) is 18.2 Å². The molecule has 5 heteroatoms. The van der Waals surface area contributed by atoms with Gasteiger partial charge in [0.1, 0.15) is 5.75 Å². The predicted octanol–water partition coefficient (Wildman–Crippen LogP) is 2.17. The molecule has 0 aliphatic carbocycles. The third-order valence-electron chi connectivity index (χ3n) is 2.98. The average Bonchev–Trinajstić information content (AvgIpc) is 2.38. The van der Waals surface area contributed by atoms with Gasteiger partial charge in [-0.25, -0.2) is 0 Å². The standard InChI is InChI=1S/C14H18N2O3/c1-3-5-13(17)15-10-6-7-12-11(8-10)16(4-2)14(18)9-19-12/h6-8H,3-5,9H2,1-2H3,(H,15,17). The van der Waals surface area contributed by atoms with Gasteiger partial charge in [-0.05, 0) is 31.5 Å². The number of carbonyl (C=O) groups is 2. The summed E-state index contributed by atoms with van der Waals surface area (Å²) >= 11 is 0. The van der Waals surface area contributed by atoms with Crippen LogP contribution in [0.1, 0.15) is 26.7 Å². The number of fused-ring (bicyclic) bond motifs is 1. The normalized spacial score (nSPS) is 13.8. The minimum atomic E-state index is -0.0629. The van der Waals surface area contributed by atoms with Crippen molar-refractivity contribution in [2.75, 3.05) is 23.4 Å². The quantitative estimate of drug-likeness (QED) is 0.904. The number of hydrogen-bond acceptors (Lipinski definition) is 3. The summed E-state index contributed by atoms with van der Waals surface area (Å²) in [4.78, 5) is 25.0. The van der Waals surface area contributed by atoms with Crippen LogP contribution in [0.15, 0.2) is 18.2 Å². The molecule has 1 aliphatic rings. The Morgan fingerprint density at radius 3 is 2.89 bits per heavy atom. The largest absolute Gasteiger partial charge is 0.482 e. The van der Waals surface area contributed by atoms with Gasteiger partial charge in [-0.1, -0.05) is 6.92 Å². The summed E-state index contributed by atoms with van der Waals surface area (Å²) in [5.74, 6) is 0.593. The number of carbonyl (C=O) groups excluding carboxylic acids is 2. The number of benzene rings is 1. The van der Waals surface area contributed by atoms with Crippen LogP contribution in [-0.4, -0.2) is 25.0 Å². The highest BCUT2D eigenvalue weighted by molar-refractivity contribution is 5.99. The first-order valence-corrected chi connectivity index (χ1v) is 6.52. The SMILES string of the molecule is CCCC(=O)Nc1ccc2c(c1)N(CC)C(=O)CO2. The first kappa shape index (κ1) is 13.4. The zero-order chi connectivity index (χ0) is 13.8. The summed E-state index contributed by atoms with van der Waals surface area (Å²) in [5.41, 5.74) is 1.40. The van der Waals surface area contributed by atoms with Gasteiger partial charge in [0.25, 0.3) is 5.91 Å². The maximum atomic E-state index is 11.7. The molecular weight excluding hydrogens is 244 g/mol. The Bertz CT molecular complexity index is 499. The lowest BCUT2D eigenvalue weighted by atomic mass is 10.2. The van der Waals surface area contributed by atoms with E-state index in [4.69, 9.17) is 4.74 Å². The molecule has 2 rings (SSSR count). The topological polar surface area (TPSA) is 58.6 Å². The van der Waals surface area contributed by atoms with Crippen LogP contribution >= 0.6 is 0 Å². The van der Waals surface area contributed by atoms with Gasteiger partial charge >= 0.3 is 0 Å². The van der Waals surface area contributed by atoms with Crippen molar-refractivity contribution in [2.24, 2.45) is 0 Å². The molecule has 0 saturated carbocycles. The Balaban J connectivity index is 2.24. The average molecular weight is 262 g/mol. The van der Waals surface area contributed by atoms with E-state index in [1.54, 1.807) is 23.1 Å². The van der Waals surface area contributed by atoms with E-state index in [-0.39, 0.29) is 18.4 Å². The van der Waals surface area contributed by atoms with Crippen LogP contribution in [0.3, 0.4) is 0 Å². The predicted molar refractivity (Wildman–Crippen MR) is 73.5 cm³/mol. The molecule has 102 valence electrons. The van der Waals surface area contributed by atoms with Crippen molar-refractivity contribution in [1.29, 1.82) is 0 Å². The molecule has 0 atom stereocenters. The fourth-order valence-corrected chi connectivity index (χ4v) is 2.08. The van der Waals surface area contributed by atoms with Gasteiger partial charge in [-0.2, -0.15) is 0 Å². The van der Waals surface area contributed by atoms with Crippen LogP contribution < -0.4 is 15.0 Å². The second-order valence-corrected chi connectivity index (χ2v) is 4.41. The fourth-order valence-electron chi connectivity index (χ4n) is 2.08. The third-order valence-corrected chi connectivity index (χ3v) is 2.98. The monoisotopic (exact) mass is 262 g/mol. The highest BCUT2D eigenvalue weighted by atomic mass is 16.5. The van der Waals surface area contributed by atoms with Gasteiger partial charge in [0, 0.05) is 18.7 Å². The van der Waals surface area contributed by atoms with Gasteiger partial charge in [0.2, 0.25) is 5.91 Å². The molecule has 1 aliphatic heterocycles. The molecule has 19 heavy (non-hydrogen) atoms. The Morgan fingerprint density at radius 2 is 2.21 bits per heavy atom. The molecule has 1 aromatic carbocycles. The number of likely N-dealkylation sites (N-methyl/N-ethyl adjacent to an activating group) is 1. The Kier molecular flexibility index (Phi) is 4.04. The van der Waals surface area contributed by atoms with E-state index in [1.807, 2.05) is 13.8 Å². The number of amides is 2. The summed E-state index contributed by atoms with van der Waals surface area (Å²) in [6, 6.07) is 5.35. The molecule has 0 unspecified atom stereocenters. The molecule has 0 spiro atoms. The molecule has 1 aromatic rings. The van der Waals surface area contributed by atoms with Crippen molar-refractivity contribution < 1.29 is 14.3 Å². The van der Waals surface area contributed by atoms with E-state index in [9.17, 15) is 9.59 Å². The van der Waals surface area contributed by atoms with Crippen LogP contribution in [0.2, 0.25) is 0 Å². The number of rotatable bonds is 4. The summed E-state index contributed by atoms with van der Waals surface area (Å²) in [7, 11) is 0. The molecule has 0 bridgehead atoms. The Labute approximate surface area is 112 Å². The number of ether oxygens (including phenoxy) is 1. The molecule has 0 fully saturated rings. The molecule has 0 radical (unpaired) electrons. The lowest BCUT2D eigenvalue weighted by molar-refractivity contribution is -0.121. The summed E-state index contributed by atoms with van der Waals surface area (Å²) in [6.45, 7) is 4.52. The Hall–Kier alpha value is -2.04. The van der Waals surface area contributed by atoms with Crippen molar-refractivity contribution >= 4 is 23.2 Å². The van der Waals surface area contributed by atoms with Gasteiger partial charge in [-0.15, -0.1) is 0 Å². The zero-order valence-corrected chi connectivity index (χ0v) is 11.2. The van der Waals surface area contributed by atoms with Crippen LogP contribution in [0.25, 0.3) is 0 Å². The van der Waals surface area contributed by atoms with E-state index in [2.05, 4.69) is 5.32 Å². The lowest BCUT2D eigenvalue weighted by Crippen LogP contribution is -2.38. The number of hydrogen-bond donors (Lipinski definition) is 1. The molecule has 5 nitrogen and oxygen atoms in total. The molecule has 1 heterocycles. The maximum Gasteiger partial charge on any atom is 0.265 e. The van der Waals surface area contributed by atoms with Crippen LogP contribution in [0.4, 0.5) is 11.4 Å². The van der Waals surface area contributed by atoms with E-state index in [1.165, 1.54) is 0 Å². The third kappa shape index (κ3) is 2.86. The minimum absolute atomic E-state index is 0.0199. The second kappa shape index (κ2) is 5.73. The molecule has 2 amide bonds. The Morgan fingerprint density at radius 1 is 1.42 bits per heavy atom. The van der Waals surface area contributed by atoms with Gasteiger partial charge in [0.05, 0.1) is 5.69 Å². The summed E-state index contributed by atoms with van der Waals surface area (Å²) < 4.78 is 5.37. The lowest BCUT2D eigenvalue weighted by Gasteiger charge is -2.28. The highest BCUT2D eigenvalue weighted by Gasteiger charge is 2.24. The van der Waals surface area contributed by atoms with E-state index in [0.717, 1.165) is 6.42 Å². The van der Waals surface area contributed by atoms with Crippen molar-refractivity contribution in [3.8, 4) is 5.75 Å². The van der Waals surface area contributed by atoms with Gasteiger partial charge in [-0.3, -0.25) is 9.59 Å². The molecular formula is C14H18N2O3. The smallest absolute Gasteiger partial charge is 0.265 e. The minimum Gasteiger partial charge on any atom is -0.482 e. The summed E-state index contributed by atoms with van der Waals surface area (Å²) in [6.07, 6.45) is 1.30. The van der Waals surface area contributed by atoms with Gasteiger partial charge < -0.3 is 15.0 Å². The first-order chi connectivity index (χ1) is 9.15. The first-order valence-electron chi connectivity index (χ1n) is 6.52. The molecule has 0 saturated heterocycles. The highest BCUT2D eigenvalue weighted by Crippen LogP contribution is 2.34. The van der Waals surface area contributed by atoms with Crippen molar-refractivity contribution in [2.45, 2.75) is 26.7 Å². The van der Waals surface area contributed by atoms with Crippen LogP contribution in [-0.2, 0) is 9.59 Å². The van der Waals surface area contributed by atoms with Crippen LogP contribution in [0, 0.1) is 0 Å². The number of nitrogens with one attached hydrogen (secondary N) is 1. The van der Waals surface area contributed by atoms with E-state index in [0.29, 0.717) is 30.1 Å². The van der Waals surface area contributed by atoms with E-state index < -0.39 is 0 Å². The summed E-state index contributed by atoms with van der Waals surface area (Å²) in [5, 5.41) is 2.82. The molecule has 0 aromatic heterocycles. The second-order valence-electron chi connectivity index (χ2n) is 4.41. The van der Waals surface area contributed by atoms with E-state index >= 15 is 0 Å². The molecule has 1 N–H and O–H groups in total. The van der Waals surface area contributed by atoms with Crippen LogP contribution in [0.5, 0.6) is 5.75 Å². The zero-order valence-electron chi connectivity index (χ0n) is 11.2. The fraction of sp³-hybridized carbons (Fsp3) is 0.429. The van der Waals surface area contributed by atoms with Gasteiger partial charge in [0.15, 0.2) is 6.61 Å². The van der Waals surface area contributed by atoms with Crippen molar-refractivity contribution in [3.63, 3.8) is 0 Å².